The monoisotopic (exact) mass is 258 g/mol. The number of fused-ring (bicyclic) bond motifs is 1. The summed E-state index contributed by atoms with van der Waals surface area (Å²) in [5.74, 6) is 0.981. The highest BCUT2D eigenvalue weighted by atomic mass is 15.0. The molecule has 1 atom stereocenters. The van der Waals surface area contributed by atoms with Crippen molar-refractivity contribution in [3.63, 3.8) is 0 Å². The third-order valence-corrected chi connectivity index (χ3v) is 5.06. The zero-order valence-electron chi connectivity index (χ0n) is 12.1. The second kappa shape index (κ2) is 6.04. The van der Waals surface area contributed by atoms with Crippen LogP contribution in [-0.4, -0.2) is 11.0 Å². The van der Waals surface area contributed by atoms with Gasteiger partial charge in [0, 0.05) is 18.3 Å². The first-order valence-electron chi connectivity index (χ1n) is 8.06. The smallest absolute Gasteiger partial charge is 0.0605 e. The summed E-state index contributed by atoms with van der Waals surface area (Å²) < 4.78 is 0. The van der Waals surface area contributed by atoms with Crippen LogP contribution in [0.25, 0.3) is 0 Å². The van der Waals surface area contributed by atoms with E-state index in [9.17, 15) is 0 Å². The van der Waals surface area contributed by atoms with Crippen LogP contribution in [0.2, 0.25) is 0 Å². The van der Waals surface area contributed by atoms with E-state index >= 15 is 0 Å². The van der Waals surface area contributed by atoms with E-state index in [2.05, 4.69) is 29.4 Å². The molecule has 0 saturated heterocycles. The average Bonchev–Trinajstić information content (AvgIpc) is 2.48. The summed E-state index contributed by atoms with van der Waals surface area (Å²) in [5.41, 5.74) is 2.79. The minimum Gasteiger partial charge on any atom is -0.306 e. The number of hydrogen-bond donors (Lipinski definition) is 1. The summed E-state index contributed by atoms with van der Waals surface area (Å²) in [6.07, 6.45) is 12.6. The molecular formula is C17H26N2. The van der Waals surface area contributed by atoms with Crippen LogP contribution in [0, 0.1) is 5.92 Å². The molecule has 1 fully saturated rings. The van der Waals surface area contributed by atoms with Crippen molar-refractivity contribution in [2.75, 3.05) is 0 Å². The zero-order valence-corrected chi connectivity index (χ0v) is 12.1. The largest absolute Gasteiger partial charge is 0.306 e. The molecule has 2 nitrogen and oxygen atoms in total. The first-order chi connectivity index (χ1) is 9.36. The minimum absolute atomic E-state index is 0.508. The zero-order chi connectivity index (χ0) is 13.1. The Bertz CT molecular complexity index is 407. The van der Waals surface area contributed by atoms with Gasteiger partial charge in [-0.05, 0) is 62.5 Å². The molecule has 2 aliphatic rings. The topological polar surface area (TPSA) is 24.9 Å². The lowest BCUT2D eigenvalue weighted by atomic mass is 9.83. The van der Waals surface area contributed by atoms with Crippen LogP contribution in [-0.2, 0) is 6.42 Å². The van der Waals surface area contributed by atoms with Crippen molar-refractivity contribution in [2.45, 2.75) is 70.4 Å². The molecule has 104 valence electrons. The van der Waals surface area contributed by atoms with E-state index < -0.39 is 0 Å². The van der Waals surface area contributed by atoms with Crippen LogP contribution in [0.15, 0.2) is 18.3 Å². The van der Waals surface area contributed by atoms with E-state index in [1.54, 1.807) is 0 Å². The van der Waals surface area contributed by atoms with E-state index in [4.69, 9.17) is 0 Å². The lowest BCUT2D eigenvalue weighted by molar-refractivity contribution is 0.260. The molecule has 0 spiro atoms. The van der Waals surface area contributed by atoms with Crippen molar-refractivity contribution >= 4 is 0 Å². The summed E-state index contributed by atoms with van der Waals surface area (Å²) in [6, 6.07) is 5.56. The molecule has 2 heteroatoms. The van der Waals surface area contributed by atoms with Gasteiger partial charge in [-0.25, -0.2) is 0 Å². The van der Waals surface area contributed by atoms with Gasteiger partial charge in [0.25, 0.3) is 0 Å². The second-order valence-electron chi connectivity index (χ2n) is 6.29. The maximum atomic E-state index is 4.63. The Morgan fingerprint density at radius 1 is 1.21 bits per heavy atom. The quantitative estimate of drug-likeness (QED) is 0.886. The molecule has 0 aliphatic heterocycles. The van der Waals surface area contributed by atoms with Gasteiger partial charge in [0.2, 0.25) is 0 Å². The molecule has 0 aromatic carbocycles. The number of rotatable bonds is 3. The molecule has 1 aromatic heterocycles. The fraction of sp³-hybridized carbons (Fsp3) is 0.706. The van der Waals surface area contributed by atoms with Crippen molar-refractivity contribution in [1.29, 1.82) is 0 Å². The number of nitrogens with zero attached hydrogens (tertiary/aromatic N) is 1. The van der Waals surface area contributed by atoms with Gasteiger partial charge in [0.1, 0.15) is 0 Å². The van der Waals surface area contributed by atoms with E-state index in [1.165, 1.54) is 62.6 Å². The van der Waals surface area contributed by atoms with Crippen LogP contribution >= 0.6 is 0 Å². The Hall–Kier alpha value is -0.890. The van der Waals surface area contributed by atoms with Crippen molar-refractivity contribution in [1.82, 2.24) is 10.3 Å². The number of hydrogen-bond acceptors (Lipinski definition) is 2. The third kappa shape index (κ3) is 3.00. The fourth-order valence-corrected chi connectivity index (χ4v) is 3.79. The van der Waals surface area contributed by atoms with E-state index in [1.807, 2.05) is 6.20 Å². The van der Waals surface area contributed by atoms with E-state index in [0.717, 1.165) is 12.0 Å². The Labute approximate surface area is 117 Å². The highest BCUT2D eigenvalue weighted by Gasteiger charge is 2.26. The van der Waals surface area contributed by atoms with Crippen LogP contribution in [0.5, 0.6) is 0 Å². The normalized spacial score (nSPS) is 30.9. The summed E-state index contributed by atoms with van der Waals surface area (Å²) >= 11 is 0. The molecular weight excluding hydrogens is 232 g/mol. The molecule has 1 saturated carbocycles. The first-order valence-corrected chi connectivity index (χ1v) is 8.06. The summed E-state index contributed by atoms with van der Waals surface area (Å²) in [6.45, 7) is 2.33. The molecule has 0 bridgehead atoms. The van der Waals surface area contributed by atoms with Gasteiger partial charge in [-0.1, -0.05) is 19.4 Å². The molecule has 0 radical (unpaired) electrons. The van der Waals surface area contributed by atoms with E-state index in [0.29, 0.717) is 6.04 Å². The Balaban J connectivity index is 1.62. The standard InChI is InChI=1S/C17H26N2/c1-2-13-8-10-15(11-9-13)19-16-7-3-5-14-6-4-12-18-17(14)16/h4,6,12-13,15-16,19H,2-3,5,7-11H2,1H3. The van der Waals surface area contributed by atoms with Crippen molar-refractivity contribution in [2.24, 2.45) is 5.92 Å². The molecule has 2 aliphatic carbocycles. The lowest BCUT2D eigenvalue weighted by Crippen LogP contribution is -2.37. The van der Waals surface area contributed by atoms with Crippen LogP contribution < -0.4 is 5.32 Å². The lowest BCUT2D eigenvalue weighted by Gasteiger charge is -2.33. The van der Waals surface area contributed by atoms with Crippen LogP contribution in [0.3, 0.4) is 0 Å². The van der Waals surface area contributed by atoms with Crippen LogP contribution in [0.4, 0.5) is 0 Å². The van der Waals surface area contributed by atoms with Gasteiger partial charge in [0.15, 0.2) is 0 Å². The molecule has 1 aromatic rings. The van der Waals surface area contributed by atoms with E-state index in [-0.39, 0.29) is 0 Å². The Kier molecular flexibility index (Phi) is 4.17. The molecule has 19 heavy (non-hydrogen) atoms. The van der Waals surface area contributed by atoms with Gasteiger partial charge >= 0.3 is 0 Å². The number of aryl methyl sites for hydroxylation is 1. The summed E-state index contributed by atoms with van der Waals surface area (Å²) in [7, 11) is 0. The van der Waals surface area contributed by atoms with Crippen molar-refractivity contribution < 1.29 is 0 Å². The number of aromatic nitrogens is 1. The number of pyridine rings is 1. The average molecular weight is 258 g/mol. The van der Waals surface area contributed by atoms with Crippen LogP contribution in [0.1, 0.15) is 69.2 Å². The predicted octanol–water partition coefficient (Wildman–Crippen LogP) is 4.02. The van der Waals surface area contributed by atoms with Gasteiger partial charge in [-0.2, -0.15) is 0 Å². The second-order valence-corrected chi connectivity index (χ2v) is 6.29. The Morgan fingerprint density at radius 2 is 2.05 bits per heavy atom. The molecule has 1 N–H and O–H groups in total. The minimum atomic E-state index is 0.508. The summed E-state index contributed by atoms with van der Waals surface area (Å²) in [4.78, 5) is 4.63. The highest BCUT2D eigenvalue weighted by molar-refractivity contribution is 5.25. The van der Waals surface area contributed by atoms with Gasteiger partial charge < -0.3 is 5.32 Å². The SMILES string of the molecule is CCC1CCC(NC2CCCc3cccnc32)CC1. The third-order valence-electron chi connectivity index (χ3n) is 5.06. The van der Waals surface area contributed by atoms with Crippen molar-refractivity contribution in [3.05, 3.63) is 29.6 Å². The van der Waals surface area contributed by atoms with Gasteiger partial charge in [0.05, 0.1) is 5.69 Å². The maximum Gasteiger partial charge on any atom is 0.0605 e. The van der Waals surface area contributed by atoms with Gasteiger partial charge in [-0.3, -0.25) is 4.98 Å². The highest BCUT2D eigenvalue weighted by Crippen LogP contribution is 2.32. The van der Waals surface area contributed by atoms with Crippen molar-refractivity contribution in [3.8, 4) is 0 Å². The predicted molar refractivity (Wildman–Crippen MR) is 79.1 cm³/mol. The Morgan fingerprint density at radius 3 is 2.84 bits per heavy atom. The number of nitrogens with one attached hydrogen (secondary N) is 1. The fourth-order valence-electron chi connectivity index (χ4n) is 3.79. The molecule has 1 unspecified atom stereocenters. The summed E-state index contributed by atoms with van der Waals surface area (Å²) in [5, 5.41) is 3.90. The molecule has 1 heterocycles. The maximum absolute atomic E-state index is 4.63. The molecule has 3 rings (SSSR count). The van der Waals surface area contributed by atoms with Gasteiger partial charge in [-0.15, -0.1) is 0 Å². The first kappa shape index (κ1) is 13.1. The molecule has 0 amide bonds.